The van der Waals surface area contributed by atoms with Crippen molar-refractivity contribution in [3.8, 4) is 0 Å². The maximum Gasteiger partial charge on any atom is 0.262 e. The van der Waals surface area contributed by atoms with Crippen LogP contribution in [0.4, 0.5) is 0 Å². The van der Waals surface area contributed by atoms with Crippen LogP contribution < -0.4 is 5.32 Å². The second kappa shape index (κ2) is 6.76. The largest absolute Gasteiger partial charge is 0.351 e. The molecule has 1 aromatic heterocycles. The van der Waals surface area contributed by atoms with Crippen LogP contribution in [0.1, 0.15) is 36.4 Å². The molecule has 1 heterocycles. The first-order valence-electron chi connectivity index (χ1n) is 5.65. The van der Waals surface area contributed by atoms with Crippen molar-refractivity contribution < 1.29 is 4.79 Å². The molecule has 2 nitrogen and oxygen atoms in total. The molecule has 0 bridgehead atoms. The van der Waals surface area contributed by atoms with Gasteiger partial charge in [-0.1, -0.05) is 13.8 Å². The van der Waals surface area contributed by atoms with Crippen LogP contribution in [0, 0.1) is 5.41 Å². The maximum absolute atomic E-state index is 11.9. The third-order valence-corrected chi connectivity index (χ3v) is 5.63. The number of rotatable bonds is 6. The van der Waals surface area contributed by atoms with Gasteiger partial charge < -0.3 is 5.32 Å². The Bertz CT molecular complexity index is 368. The summed E-state index contributed by atoms with van der Waals surface area (Å²) in [6.07, 6.45) is 1.94. The van der Waals surface area contributed by atoms with Gasteiger partial charge in [-0.3, -0.25) is 4.79 Å². The van der Waals surface area contributed by atoms with Gasteiger partial charge in [0.1, 0.15) is 4.88 Å². The van der Waals surface area contributed by atoms with Gasteiger partial charge in [0.25, 0.3) is 5.91 Å². The third kappa shape index (κ3) is 3.70. The average Bonchev–Trinajstić information content (AvgIpc) is 2.78. The highest BCUT2D eigenvalue weighted by molar-refractivity contribution is 9.10. The number of nitrogens with one attached hydrogen (secondary N) is 1. The van der Waals surface area contributed by atoms with Crippen LogP contribution in [0.2, 0.25) is 0 Å². The highest BCUT2D eigenvalue weighted by Crippen LogP contribution is 2.28. The molecule has 0 saturated carbocycles. The lowest BCUT2D eigenvalue weighted by Crippen LogP contribution is -2.38. The Balaban J connectivity index is 2.62. The van der Waals surface area contributed by atoms with Gasteiger partial charge >= 0.3 is 0 Å². The molecule has 5 heteroatoms. The number of carbonyl (C=O) groups is 1. The first-order valence-corrected chi connectivity index (χ1v) is 7.86. The molecule has 1 amide bonds. The van der Waals surface area contributed by atoms with E-state index in [-0.39, 0.29) is 11.3 Å². The van der Waals surface area contributed by atoms with Gasteiger partial charge in [0.15, 0.2) is 0 Å². The van der Waals surface area contributed by atoms with Crippen molar-refractivity contribution in [2.45, 2.75) is 26.7 Å². The van der Waals surface area contributed by atoms with E-state index < -0.39 is 0 Å². The smallest absolute Gasteiger partial charge is 0.262 e. The number of amides is 1. The monoisotopic (exact) mass is 337 g/mol. The fourth-order valence-electron chi connectivity index (χ4n) is 1.54. The topological polar surface area (TPSA) is 29.1 Å². The van der Waals surface area contributed by atoms with E-state index in [1.807, 2.05) is 11.4 Å². The number of hydrogen-bond donors (Lipinski definition) is 1. The first-order chi connectivity index (χ1) is 8.08. The molecule has 17 heavy (non-hydrogen) atoms. The Labute approximate surface area is 120 Å². The number of alkyl halides is 1. The predicted octanol–water partition coefficient (Wildman–Crippen LogP) is 4.29. The summed E-state index contributed by atoms with van der Waals surface area (Å²) >= 11 is 10.8. The van der Waals surface area contributed by atoms with Gasteiger partial charge in [-0.2, -0.15) is 0 Å². The van der Waals surface area contributed by atoms with Crippen molar-refractivity contribution in [1.29, 1.82) is 0 Å². The lowest BCUT2D eigenvalue weighted by atomic mass is 9.84. The van der Waals surface area contributed by atoms with Gasteiger partial charge in [0.2, 0.25) is 0 Å². The maximum atomic E-state index is 11.9. The Morgan fingerprint density at radius 3 is 2.59 bits per heavy atom. The lowest BCUT2D eigenvalue weighted by Gasteiger charge is -2.29. The number of carbonyl (C=O) groups excluding carboxylic acids is 1. The SMILES string of the molecule is CCC(CC)(CCl)CNC(=O)c1sccc1Br. The third-order valence-electron chi connectivity index (χ3n) is 3.23. The lowest BCUT2D eigenvalue weighted by molar-refractivity contribution is 0.0935. The molecule has 0 unspecified atom stereocenters. The van der Waals surface area contributed by atoms with Gasteiger partial charge in [-0.05, 0) is 40.2 Å². The van der Waals surface area contributed by atoms with Crippen LogP contribution >= 0.6 is 38.9 Å². The van der Waals surface area contributed by atoms with E-state index in [2.05, 4.69) is 35.1 Å². The average molecular weight is 339 g/mol. The zero-order chi connectivity index (χ0) is 12.9. The fraction of sp³-hybridized carbons (Fsp3) is 0.583. The van der Waals surface area contributed by atoms with E-state index >= 15 is 0 Å². The van der Waals surface area contributed by atoms with E-state index in [0.717, 1.165) is 22.2 Å². The zero-order valence-electron chi connectivity index (χ0n) is 10.1. The molecule has 0 aromatic carbocycles. The van der Waals surface area contributed by atoms with Crippen molar-refractivity contribution >= 4 is 44.8 Å². The molecule has 0 fully saturated rings. The van der Waals surface area contributed by atoms with Crippen LogP contribution in [-0.4, -0.2) is 18.3 Å². The molecule has 0 spiro atoms. The molecular weight excluding hydrogens is 322 g/mol. The van der Waals surface area contributed by atoms with Gasteiger partial charge in [0.05, 0.1) is 0 Å². The van der Waals surface area contributed by atoms with E-state index in [9.17, 15) is 4.79 Å². The number of halogens is 2. The molecule has 0 atom stereocenters. The van der Waals surface area contributed by atoms with Crippen LogP contribution in [-0.2, 0) is 0 Å². The standard InChI is InChI=1S/C12H17BrClNOS/c1-3-12(4-2,7-14)8-15-11(16)10-9(13)5-6-17-10/h5-6H,3-4,7-8H2,1-2H3,(H,15,16). The Kier molecular flexibility index (Phi) is 5.97. The van der Waals surface area contributed by atoms with Crippen LogP contribution in [0.15, 0.2) is 15.9 Å². The van der Waals surface area contributed by atoms with Gasteiger partial charge in [0, 0.05) is 22.3 Å². The zero-order valence-corrected chi connectivity index (χ0v) is 13.2. The van der Waals surface area contributed by atoms with Crippen LogP contribution in [0.5, 0.6) is 0 Å². The molecule has 0 radical (unpaired) electrons. The van der Waals surface area contributed by atoms with Gasteiger partial charge in [-0.25, -0.2) is 0 Å². The summed E-state index contributed by atoms with van der Waals surface area (Å²) in [6, 6.07) is 1.88. The van der Waals surface area contributed by atoms with Crippen molar-refractivity contribution in [1.82, 2.24) is 5.32 Å². The molecule has 0 aliphatic carbocycles. The molecule has 0 aliphatic heterocycles. The summed E-state index contributed by atoms with van der Waals surface area (Å²) in [5.74, 6) is 0.551. The van der Waals surface area contributed by atoms with Crippen molar-refractivity contribution in [3.05, 3.63) is 20.8 Å². The normalized spacial score (nSPS) is 11.5. The Morgan fingerprint density at radius 2 is 2.18 bits per heavy atom. The summed E-state index contributed by atoms with van der Waals surface area (Å²) in [7, 11) is 0. The molecule has 96 valence electrons. The second-order valence-corrected chi connectivity index (χ2v) is 6.16. The molecule has 0 aliphatic rings. The van der Waals surface area contributed by atoms with Crippen molar-refractivity contribution in [2.24, 2.45) is 5.41 Å². The number of thiophene rings is 1. The summed E-state index contributed by atoms with van der Waals surface area (Å²) < 4.78 is 0.851. The summed E-state index contributed by atoms with van der Waals surface area (Å²) in [6.45, 7) is 4.85. The Hall–Kier alpha value is -0.0600. The fourth-order valence-corrected chi connectivity index (χ4v) is 3.48. The molecule has 1 aromatic rings. The van der Waals surface area contributed by atoms with Crippen LogP contribution in [0.25, 0.3) is 0 Å². The molecular formula is C12H17BrClNOS. The minimum atomic E-state index is -0.0248. The summed E-state index contributed by atoms with van der Waals surface area (Å²) in [5.41, 5.74) is 0.0148. The summed E-state index contributed by atoms with van der Waals surface area (Å²) in [5, 5.41) is 4.87. The quantitative estimate of drug-likeness (QED) is 0.770. The number of hydrogen-bond acceptors (Lipinski definition) is 2. The summed E-state index contributed by atoms with van der Waals surface area (Å²) in [4.78, 5) is 12.7. The first kappa shape index (κ1) is 15.0. The minimum Gasteiger partial charge on any atom is -0.351 e. The van der Waals surface area contributed by atoms with Crippen molar-refractivity contribution in [2.75, 3.05) is 12.4 Å². The van der Waals surface area contributed by atoms with Crippen molar-refractivity contribution in [3.63, 3.8) is 0 Å². The van der Waals surface area contributed by atoms with Gasteiger partial charge in [-0.15, -0.1) is 22.9 Å². The van der Waals surface area contributed by atoms with E-state index in [4.69, 9.17) is 11.6 Å². The highest BCUT2D eigenvalue weighted by Gasteiger charge is 2.26. The Morgan fingerprint density at radius 1 is 1.53 bits per heavy atom. The predicted molar refractivity (Wildman–Crippen MR) is 78.1 cm³/mol. The van der Waals surface area contributed by atoms with Crippen LogP contribution in [0.3, 0.4) is 0 Å². The second-order valence-electron chi connectivity index (χ2n) is 4.12. The molecule has 0 saturated heterocycles. The highest BCUT2D eigenvalue weighted by atomic mass is 79.9. The minimum absolute atomic E-state index is 0.0148. The van der Waals surface area contributed by atoms with E-state index in [1.54, 1.807) is 0 Å². The molecule has 1 N–H and O–H groups in total. The van der Waals surface area contributed by atoms with E-state index in [1.165, 1.54) is 11.3 Å². The van der Waals surface area contributed by atoms with E-state index in [0.29, 0.717) is 12.4 Å². The molecule has 1 rings (SSSR count).